The van der Waals surface area contributed by atoms with E-state index in [1.165, 1.54) is 18.4 Å². The first kappa shape index (κ1) is 19.2. The number of hydrogen-bond donors (Lipinski definition) is 2. The molecule has 1 amide bonds. The SMILES string of the molecule is CC[C@H]1O[C@@H](n2c(=O)sc3c(=O)[nH]c(NC(C)=O)nc32)[C@H](OC(C)=O)[C@@H]1C. The number of carbonyl (C=O) groups is 2. The molecule has 10 nitrogen and oxygen atoms in total. The van der Waals surface area contributed by atoms with Crippen molar-refractivity contribution in [2.24, 2.45) is 5.92 Å². The lowest BCUT2D eigenvalue weighted by Crippen LogP contribution is -2.33. The number of hydrogen-bond acceptors (Lipinski definition) is 8. The number of amides is 1. The summed E-state index contributed by atoms with van der Waals surface area (Å²) in [6.07, 6.45) is -1.17. The number of H-pyrrole nitrogens is 1. The molecule has 1 saturated heterocycles. The quantitative estimate of drug-likeness (QED) is 0.736. The lowest BCUT2D eigenvalue weighted by molar-refractivity contribution is -0.153. The Bertz CT molecular complexity index is 1010. The van der Waals surface area contributed by atoms with Crippen molar-refractivity contribution in [3.8, 4) is 0 Å². The lowest BCUT2D eigenvalue weighted by atomic mass is 9.98. The van der Waals surface area contributed by atoms with Crippen molar-refractivity contribution in [2.45, 2.75) is 52.6 Å². The maximum Gasteiger partial charge on any atom is 0.311 e. The second-order valence-corrected chi connectivity index (χ2v) is 7.35. The number of aromatic amines is 1. The van der Waals surface area contributed by atoms with Gasteiger partial charge in [0.05, 0.1) is 6.10 Å². The minimum absolute atomic E-state index is 0.0728. The number of esters is 1. The number of ether oxygens (including phenoxy) is 2. The molecule has 3 heterocycles. The van der Waals surface area contributed by atoms with Gasteiger partial charge in [0.25, 0.3) is 5.56 Å². The van der Waals surface area contributed by atoms with Gasteiger partial charge in [-0.1, -0.05) is 25.2 Å². The minimum Gasteiger partial charge on any atom is -0.457 e. The first-order valence-electron chi connectivity index (χ1n) is 8.48. The van der Waals surface area contributed by atoms with Crippen molar-refractivity contribution < 1.29 is 19.1 Å². The zero-order valence-electron chi connectivity index (χ0n) is 15.3. The van der Waals surface area contributed by atoms with Crippen LogP contribution >= 0.6 is 11.3 Å². The number of aromatic nitrogens is 3. The molecule has 0 aliphatic carbocycles. The number of nitrogens with zero attached hydrogens (tertiary/aromatic N) is 2. The van der Waals surface area contributed by atoms with Gasteiger partial charge in [-0.2, -0.15) is 4.98 Å². The summed E-state index contributed by atoms with van der Waals surface area (Å²) in [7, 11) is 0. The highest BCUT2D eigenvalue weighted by molar-refractivity contribution is 7.16. The Morgan fingerprint density at radius 3 is 2.67 bits per heavy atom. The van der Waals surface area contributed by atoms with Crippen LogP contribution in [0.3, 0.4) is 0 Å². The Kier molecular flexibility index (Phi) is 5.16. The highest BCUT2D eigenvalue weighted by Crippen LogP contribution is 2.38. The zero-order chi connectivity index (χ0) is 19.9. The van der Waals surface area contributed by atoms with E-state index in [2.05, 4.69) is 15.3 Å². The minimum atomic E-state index is -0.908. The Morgan fingerprint density at radius 1 is 1.37 bits per heavy atom. The van der Waals surface area contributed by atoms with Crippen molar-refractivity contribution in [2.75, 3.05) is 5.32 Å². The van der Waals surface area contributed by atoms with Crippen LogP contribution in [0.1, 0.15) is 40.3 Å². The molecular weight excluding hydrogens is 376 g/mol. The van der Waals surface area contributed by atoms with Gasteiger partial charge in [-0.05, 0) is 6.42 Å². The third kappa shape index (κ3) is 3.52. The average Bonchev–Trinajstić information content (AvgIpc) is 3.04. The maximum absolute atomic E-state index is 12.6. The van der Waals surface area contributed by atoms with Crippen LogP contribution in [0.5, 0.6) is 0 Å². The fraction of sp³-hybridized carbons (Fsp3) is 0.562. The van der Waals surface area contributed by atoms with Gasteiger partial charge in [-0.15, -0.1) is 0 Å². The van der Waals surface area contributed by atoms with Gasteiger partial charge < -0.3 is 9.47 Å². The molecule has 0 radical (unpaired) electrons. The molecule has 2 N–H and O–H groups in total. The van der Waals surface area contributed by atoms with Crippen molar-refractivity contribution in [1.82, 2.24) is 14.5 Å². The van der Waals surface area contributed by atoms with Crippen LogP contribution in [0.15, 0.2) is 9.59 Å². The van der Waals surface area contributed by atoms with E-state index in [9.17, 15) is 19.2 Å². The topological polar surface area (TPSA) is 132 Å². The van der Waals surface area contributed by atoms with Crippen LogP contribution in [0.2, 0.25) is 0 Å². The van der Waals surface area contributed by atoms with Crippen molar-refractivity contribution in [1.29, 1.82) is 0 Å². The summed E-state index contributed by atoms with van der Waals surface area (Å²) in [4.78, 5) is 53.9. The van der Waals surface area contributed by atoms with Gasteiger partial charge in [0.2, 0.25) is 11.9 Å². The Morgan fingerprint density at radius 2 is 2.07 bits per heavy atom. The number of fused-ring (bicyclic) bond motifs is 1. The Labute approximate surface area is 157 Å². The fourth-order valence-electron chi connectivity index (χ4n) is 3.26. The molecule has 11 heteroatoms. The molecule has 146 valence electrons. The second kappa shape index (κ2) is 7.24. The van der Waals surface area contributed by atoms with Crippen molar-refractivity contribution in [3.63, 3.8) is 0 Å². The Hall–Kier alpha value is -2.53. The molecule has 4 atom stereocenters. The van der Waals surface area contributed by atoms with E-state index >= 15 is 0 Å². The molecule has 0 bridgehead atoms. The normalized spacial score (nSPS) is 24.9. The highest BCUT2D eigenvalue weighted by atomic mass is 32.1. The number of anilines is 1. The van der Waals surface area contributed by atoms with Crippen molar-refractivity contribution >= 4 is 39.5 Å². The third-order valence-corrected chi connectivity index (χ3v) is 5.37. The number of carbonyl (C=O) groups excluding carboxylic acids is 2. The second-order valence-electron chi connectivity index (χ2n) is 6.39. The number of nitrogens with one attached hydrogen (secondary N) is 2. The zero-order valence-corrected chi connectivity index (χ0v) is 16.1. The molecular formula is C16H20N4O6S. The summed E-state index contributed by atoms with van der Waals surface area (Å²) in [5, 5.41) is 2.39. The van der Waals surface area contributed by atoms with E-state index in [1.807, 2.05) is 13.8 Å². The van der Waals surface area contributed by atoms with Crippen LogP contribution in [0.4, 0.5) is 5.95 Å². The van der Waals surface area contributed by atoms with Gasteiger partial charge in [0.15, 0.2) is 18.0 Å². The molecule has 0 spiro atoms. The van der Waals surface area contributed by atoms with Gasteiger partial charge in [0, 0.05) is 19.8 Å². The van der Waals surface area contributed by atoms with E-state index in [0.29, 0.717) is 6.42 Å². The van der Waals surface area contributed by atoms with Crippen LogP contribution in [0.25, 0.3) is 10.3 Å². The average molecular weight is 396 g/mol. The molecule has 0 aromatic carbocycles. The molecule has 2 aromatic heterocycles. The predicted octanol–water partition coefficient (Wildman–Crippen LogP) is 0.980. The van der Waals surface area contributed by atoms with E-state index < -0.39 is 34.6 Å². The lowest BCUT2D eigenvalue weighted by Gasteiger charge is -2.21. The van der Waals surface area contributed by atoms with E-state index in [1.54, 1.807) is 0 Å². The largest absolute Gasteiger partial charge is 0.457 e. The molecule has 27 heavy (non-hydrogen) atoms. The molecule has 1 aliphatic rings. The molecule has 0 unspecified atom stereocenters. The first-order chi connectivity index (χ1) is 12.7. The highest BCUT2D eigenvalue weighted by Gasteiger charge is 2.45. The summed E-state index contributed by atoms with van der Waals surface area (Å²) in [5.74, 6) is -1.14. The predicted molar refractivity (Wildman–Crippen MR) is 97.7 cm³/mol. The standard InChI is InChI=1S/C16H20N4O6S/c1-5-9-6(2)10(25-8(4)22)14(26-9)20-12-11(27-16(20)24)13(23)19-15(18-12)17-7(3)21/h6,9-10,14H,5H2,1-4H3,(H2,17,18,19,21,23)/t6-,9-,10-,14-/m1/s1. The van der Waals surface area contributed by atoms with Gasteiger partial charge in [-0.25, -0.2) is 0 Å². The summed E-state index contributed by atoms with van der Waals surface area (Å²) in [6.45, 7) is 6.37. The maximum atomic E-state index is 12.6. The summed E-state index contributed by atoms with van der Waals surface area (Å²) >= 11 is 0.719. The summed E-state index contributed by atoms with van der Waals surface area (Å²) < 4.78 is 12.7. The first-order valence-corrected chi connectivity index (χ1v) is 9.30. The smallest absolute Gasteiger partial charge is 0.311 e. The molecule has 3 rings (SSSR count). The third-order valence-electron chi connectivity index (χ3n) is 4.43. The molecule has 0 saturated carbocycles. The number of thiazole rings is 1. The van der Waals surface area contributed by atoms with Gasteiger partial charge in [0.1, 0.15) is 4.70 Å². The van der Waals surface area contributed by atoms with Crippen molar-refractivity contribution in [3.05, 3.63) is 20.0 Å². The number of rotatable bonds is 4. The fourth-order valence-corrected chi connectivity index (χ4v) is 4.11. The summed E-state index contributed by atoms with van der Waals surface area (Å²) in [6, 6.07) is 0. The molecule has 2 aromatic rings. The van der Waals surface area contributed by atoms with E-state index in [-0.39, 0.29) is 28.3 Å². The molecule has 1 aliphatic heterocycles. The Balaban J connectivity index is 2.16. The summed E-state index contributed by atoms with van der Waals surface area (Å²) in [5.41, 5.74) is -0.477. The van der Waals surface area contributed by atoms with E-state index in [0.717, 1.165) is 11.3 Å². The van der Waals surface area contributed by atoms with Crippen LogP contribution in [-0.2, 0) is 19.1 Å². The van der Waals surface area contributed by atoms with Gasteiger partial charge in [-0.3, -0.25) is 34.0 Å². The van der Waals surface area contributed by atoms with Crippen LogP contribution < -0.4 is 15.7 Å². The molecule has 1 fully saturated rings. The van der Waals surface area contributed by atoms with E-state index in [4.69, 9.17) is 9.47 Å². The van der Waals surface area contributed by atoms with Crippen LogP contribution in [0, 0.1) is 5.92 Å². The van der Waals surface area contributed by atoms with Crippen LogP contribution in [-0.4, -0.2) is 38.6 Å². The van der Waals surface area contributed by atoms with Gasteiger partial charge >= 0.3 is 10.8 Å². The monoisotopic (exact) mass is 396 g/mol.